The number of methoxy groups -OCH3 is 1. The van der Waals surface area contributed by atoms with Crippen LogP contribution in [0.3, 0.4) is 0 Å². The summed E-state index contributed by atoms with van der Waals surface area (Å²) >= 11 is 8.52. The van der Waals surface area contributed by atoms with Crippen LogP contribution in [0.25, 0.3) is 0 Å². The van der Waals surface area contributed by atoms with Crippen molar-refractivity contribution in [3.8, 4) is 5.75 Å². The SMILES string of the molecule is CCC(NC(=S)Nc1ccc(Br)cc1F)c1ccc(OC)cc1. The molecule has 2 aromatic rings. The van der Waals surface area contributed by atoms with E-state index in [0.717, 1.165) is 17.7 Å². The van der Waals surface area contributed by atoms with Crippen LogP contribution in [0.4, 0.5) is 10.1 Å². The second-order valence-electron chi connectivity index (χ2n) is 4.96. The Hall–Kier alpha value is -1.66. The molecule has 2 N–H and O–H groups in total. The number of halogens is 2. The molecule has 0 aliphatic heterocycles. The number of anilines is 1. The predicted molar refractivity (Wildman–Crippen MR) is 99.5 cm³/mol. The summed E-state index contributed by atoms with van der Waals surface area (Å²) in [5, 5.41) is 6.49. The quantitative estimate of drug-likeness (QED) is 0.693. The Morgan fingerprint density at radius 2 is 1.96 bits per heavy atom. The summed E-state index contributed by atoms with van der Waals surface area (Å²) in [6.45, 7) is 2.06. The first kappa shape index (κ1) is 17.7. The lowest BCUT2D eigenvalue weighted by Crippen LogP contribution is -2.32. The van der Waals surface area contributed by atoms with Gasteiger partial charge in [-0.1, -0.05) is 35.0 Å². The zero-order valence-corrected chi connectivity index (χ0v) is 15.3. The van der Waals surface area contributed by atoms with Gasteiger partial charge in [0.1, 0.15) is 11.6 Å². The van der Waals surface area contributed by atoms with Gasteiger partial charge in [-0.05, 0) is 54.5 Å². The van der Waals surface area contributed by atoms with E-state index < -0.39 is 0 Å². The van der Waals surface area contributed by atoms with Gasteiger partial charge < -0.3 is 15.4 Å². The Balaban J connectivity index is 2.04. The molecule has 122 valence electrons. The summed E-state index contributed by atoms with van der Waals surface area (Å²) < 4.78 is 19.7. The molecule has 0 aliphatic rings. The molecule has 0 amide bonds. The lowest BCUT2D eigenvalue weighted by molar-refractivity contribution is 0.414. The molecule has 0 aliphatic carbocycles. The highest BCUT2D eigenvalue weighted by Crippen LogP contribution is 2.22. The van der Waals surface area contributed by atoms with E-state index in [0.29, 0.717) is 15.3 Å². The number of hydrogen-bond donors (Lipinski definition) is 2. The standard InChI is InChI=1S/C17H18BrFN2OS/c1-3-15(11-4-7-13(22-2)8-5-11)20-17(23)21-16-9-6-12(18)10-14(16)19/h4-10,15H,3H2,1-2H3,(H2,20,21,23). The second kappa shape index (κ2) is 8.26. The summed E-state index contributed by atoms with van der Waals surface area (Å²) in [6, 6.07) is 12.6. The van der Waals surface area contributed by atoms with Crippen LogP contribution >= 0.6 is 28.1 Å². The van der Waals surface area contributed by atoms with Crippen molar-refractivity contribution in [3.05, 3.63) is 58.3 Å². The Labute approximate surface area is 149 Å². The summed E-state index contributed by atoms with van der Waals surface area (Å²) in [5.41, 5.74) is 1.43. The van der Waals surface area contributed by atoms with Crippen molar-refractivity contribution in [2.45, 2.75) is 19.4 Å². The molecule has 0 bridgehead atoms. The summed E-state index contributed by atoms with van der Waals surface area (Å²) in [4.78, 5) is 0. The Kier molecular flexibility index (Phi) is 6.36. The molecule has 1 atom stereocenters. The van der Waals surface area contributed by atoms with Crippen LogP contribution in [0.5, 0.6) is 5.75 Å². The van der Waals surface area contributed by atoms with E-state index in [2.05, 4.69) is 33.5 Å². The number of rotatable bonds is 5. The number of nitrogens with one attached hydrogen (secondary N) is 2. The molecule has 0 saturated heterocycles. The van der Waals surface area contributed by atoms with Crippen molar-refractivity contribution in [2.75, 3.05) is 12.4 Å². The van der Waals surface area contributed by atoms with Crippen molar-refractivity contribution >= 4 is 38.9 Å². The molecule has 0 heterocycles. The van der Waals surface area contributed by atoms with Gasteiger partial charge in [0.25, 0.3) is 0 Å². The third kappa shape index (κ3) is 4.91. The second-order valence-corrected chi connectivity index (χ2v) is 6.28. The number of benzene rings is 2. The van der Waals surface area contributed by atoms with Crippen molar-refractivity contribution in [1.29, 1.82) is 0 Å². The van der Waals surface area contributed by atoms with E-state index in [1.54, 1.807) is 19.2 Å². The minimum atomic E-state index is -0.360. The third-order valence-corrected chi connectivity index (χ3v) is 4.12. The van der Waals surface area contributed by atoms with Crippen LogP contribution in [0.15, 0.2) is 46.9 Å². The first-order valence-electron chi connectivity index (χ1n) is 7.20. The van der Waals surface area contributed by atoms with Crippen LogP contribution in [0, 0.1) is 5.82 Å². The predicted octanol–water partition coefficient (Wildman–Crippen LogP) is 5.03. The molecular weight excluding hydrogens is 379 g/mol. The Morgan fingerprint density at radius 1 is 1.26 bits per heavy atom. The molecule has 2 rings (SSSR count). The normalized spacial score (nSPS) is 11.7. The van der Waals surface area contributed by atoms with E-state index in [1.165, 1.54) is 6.07 Å². The van der Waals surface area contributed by atoms with Gasteiger partial charge >= 0.3 is 0 Å². The molecule has 0 saturated carbocycles. The topological polar surface area (TPSA) is 33.3 Å². The summed E-state index contributed by atoms with van der Waals surface area (Å²) in [5.74, 6) is 0.447. The van der Waals surface area contributed by atoms with Crippen LogP contribution < -0.4 is 15.4 Å². The number of hydrogen-bond acceptors (Lipinski definition) is 2. The van der Waals surface area contributed by atoms with E-state index in [9.17, 15) is 4.39 Å². The van der Waals surface area contributed by atoms with Crippen molar-refractivity contribution < 1.29 is 9.13 Å². The maximum atomic E-state index is 13.8. The number of ether oxygens (including phenoxy) is 1. The smallest absolute Gasteiger partial charge is 0.171 e. The Bertz CT molecular complexity index is 679. The van der Waals surface area contributed by atoms with Gasteiger partial charge in [-0.3, -0.25) is 0 Å². The maximum Gasteiger partial charge on any atom is 0.171 e. The highest BCUT2D eigenvalue weighted by molar-refractivity contribution is 9.10. The molecule has 1 unspecified atom stereocenters. The van der Waals surface area contributed by atoms with Crippen LogP contribution in [0.2, 0.25) is 0 Å². The first-order chi connectivity index (χ1) is 11.0. The first-order valence-corrected chi connectivity index (χ1v) is 8.40. The van der Waals surface area contributed by atoms with E-state index in [4.69, 9.17) is 17.0 Å². The third-order valence-electron chi connectivity index (χ3n) is 3.41. The molecule has 3 nitrogen and oxygen atoms in total. The van der Waals surface area contributed by atoms with Crippen molar-refractivity contribution in [3.63, 3.8) is 0 Å². The van der Waals surface area contributed by atoms with Crippen molar-refractivity contribution in [2.24, 2.45) is 0 Å². The highest BCUT2D eigenvalue weighted by atomic mass is 79.9. The Morgan fingerprint density at radius 3 is 2.52 bits per heavy atom. The number of thiocarbonyl (C=S) groups is 1. The average molecular weight is 397 g/mol. The van der Waals surface area contributed by atoms with Gasteiger partial charge in [0.15, 0.2) is 5.11 Å². The van der Waals surface area contributed by atoms with Crippen LogP contribution in [0.1, 0.15) is 24.9 Å². The van der Waals surface area contributed by atoms with Gasteiger partial charge in [-0.25, -0.2) is 4.39 Å². The molecular formula is C17H18BrFN2OS. The van der Waals surface area contributed by atoms with Gasteiger partial charge in [-0.2, -0.15) is 0 Å². The largest absolute Gasteiger partial charge is 0.497 e. The molecule has 0 radical (unpaired) electrons. The molecule has 2 aromatic carbocycles. The van der Waals surface area contributed by atoms with Gasteiger partial charge in [-0.15, -0.1) is 0 Å². The van der Waals surface area contributed by atoms with Crippen LogP contribution in [-0.2, 0) is 0 Å². The highest BCUT2D eigenvalue weighted by Gasteiger charge is 2.12. The molecule has 0 fully saturated rings. The monoisotopic (exact) mass is 396 g/mol. The average Bonchev–Trinajstić information content (AvgIpc) is 2.55. The minimum Gasteiger partial charge on any atom is -0.497 e. The van der Waals surface area contributed by atoms with E-state index in [-0.39, 0.29) is 11.9 Å². The minimum absolute atomic E-state index is 0.0411. The molecule has 6 heteroatoms. The molecule has 0 aromatic heterocycles. The van der Waals surface area contributed by atoms with Gasteiger partial charge in [0, 0.05) is 4.47 Å². The summed E-state index contributed by atoms with van der Waals surface area (Å²) in [6.07, 6.45) is 0.844. The lowest BCUT2D eigenvalue weighted by atomic mass is 10.0. The van der Waals surface area contributed by atoms with E-state index in [1.807, 2.05) is 24.3 Å². The lowest BCUT2D eigenvalue weighted by Gasteiger charge is -2.20. The zero-order valence-electron chi connectivity index (χ0n) is 12.9. The van der Waals surface area contributed by atoms with Crippen molar-refractivity contribution in [1.82, 2.24) is 5.32 Å². The van der Waals surface area contributed by atoms with Gasteiger partial charge in [0.2, 0.25) is 0 Å². The zero-order chi connectivity index (χ0) is 16.8. The fraction of sp³-hybridized carbons (Fsp3) is 0.235. The molecule has 0 spiro atoms. The van der Waals surface area contributed by atoms with E-state index >= 15 is 0 Å². The summed E-state index contributed by atoms with van der Waals surface area (Å²) in [7, 11) is 1.64. The maximum absolute atomic E-state index is 13.8. The fourth-order valence-electron chi connectivity index (χ4n) is 2.16. The van der Waals surface area contributed by atoms with Crippen LogP contribution in [-0.4, -0.2) is 12.2 Å². The van der Waals surface area contributed by atoms with Gasteiger partial charge in [0.05, 0.1) is 18.8 Å². The molecule has 23 heavy (non-hydrogen) atoms. The fourth-order valence-corrected chi connectivity index (χ4v) is 2.75.